The summed E-state index contributed by atoms with van der Waals surface area (Å²) in [7, 11) is 0. The molecule has 0 aliphatic carbocycles. The average molecular weight is 297 g/mol. The number of amidine groups is 1. The van der Waals surface area contributed by atoms with Crippen LogP contribution in [0.25, 0.3) is 0 Å². The number of rotatable bonds is 2. The topological polar surface area (TPSA) is 35.2 Å². The van der Waals surface area contributed by atoms with Gasteiger partial charge >= 0.3 is 0 Å². The SMILES string of the molecule is CC[C@]1(C2=[NH+]CCN2)Cc2ccccc2O1.[Br-]. The van der Waals surface area contributed by atoms with Gasteiger partial charge in [0.05, 0.1) is 0 Å². The Labute approximate surface area is 112 Å². The lowest BCUT2D eigenvalue weighted by Gasteiger charge is -2.23. The molecule has 0 saturated carbocycles. The third-order valence-electron chi connectivity index (χ3n) is 3.51. The summed E-state index contributed by atoms with van der Waals surface area (Å²) < 4.78 is 6.17. The first-order valence-electron chi connectivity index (χ1n) is 5.96. The van der Waals surface area contributed by atoms with Crippen molar-refractivity contribution in [2.24, 2.45) is 0 Å². The minimum Gasteiger partial charge on any atom is -1.00 e. The summed E-state index contributed by atoms with van der Waals surface area (Å²) in [5, 5.41) is 3.41. The van der Waals surface area contributed by atoms with E-state index in [1.807, 2.05) is 6.07 Å². The van der Waals surface area contributed by atoms with E-state index in [-0.39, 0.29) is 22.6 Å². The third-order valence-corrected chi connectivity index (χ3v) is 3.51. The summed E-state index contributed by atoms with van der Waals surface area (Å²) in [6, 6.07) is 8.32. The van der Waals surface area contributed by atoms with Crippen molar-refractivity contribution < 1.29 is 26.7 Å². The molecule has 0 aromatic heterocycles. The first kappa shape index (κ1) is 12.4. The van der Waals surface area contributed by atoms with E-state index in [4.69, 9.17) is 4.74 Å². The molecule has 1 aromatic carbocycles. The fourth-order valence-corrected chi connectivity index (χ4v) is 2.58. The molecule has 0 saturated heterocycles. The summed E-state index contributed by atoms with van der Waals surface area (Å²) in [6.07, 6.45) is 1.95. The minimum absolute atomic E-state index is 0. The fraction of sp³-hybridized carbons (Fsp3) is 0.462. The summed E-state index contributed by atoms with van der Waals surface area (Å²) >= 11 is 0. The van der Waals surface area contributed by atoms with E-state index in [2.05, 4.69) is 35.4 Å². The lowest BCUT2D eigenvalue weighted by Crippen LogP contribution is -3.00. The minimum atomic E-state index is -0.180. The molecule has 17 heavy (non-hydrogen) atoms. The molecule has 0 unspecified atom stereocenters. The van der Waals surface area contributed by atoms with Gasteiger partial charge in [-0.2, -0.15) is 0 Å². The fourth-order valence-electron chi connectivity index (χ4n) is 2.58. The van der Waals surface area contributed by atoms with Gasteiger partial charge in [0.15, 0.2) is 0 Å². The third kappa shape index (κ3) is 1.95. The Morgan fingerprint density at radius 1 is 1.41 bits per heavy atom. The number of hydrogen-bond acceptors (Lipinski definition) is 2. The van der Waals surface area contributed by atoms with Crippen molar-refractivity contribution in [2.45, 2.75) is 25.4 Å². The zero-order valence-corrected chi connectivity index (χ0v) is 11.5. The predicted molar refractivity (Wildman–Crippen MR) is 62.6 cm³/mol. The summed E-state index contributed by atoms with van der Waals surface area (Å²) in [4.78, 5) is 3.41. The van der Waals surface area contributed by atoms with Crippen LogP contribution in [0.5, 0.6) is 5.75 Å². The molecule has 2 N–H and O–H groups in total. The lowest BCUT2D eigenvalue weighted by molar-refractivity contribution is -0.449. The molecule has 0 amide bonds. The molecule has 0 radical (unpaired) electrons. The second-order valence-electron chi connectivity index (χ2n) is 4.46. The van der Waals surface area contributed by atoms with Crippen molar-refractivity contribution >= 4 is 5.84 Å². The highest BCUT2D eigenvalue weighted by molar-refractivity contribution is 5.88. The van der Waals surface area contributed by atoms with Crippen molar-refractivity contribution in [3.8, 4) is 5.75 Å². The smallest absolute Gasteiger partial charge is 0.288 e. The number of para-hydroxylation sites is 1. The number of benzene rings is 1. The molecule has 4 heteroatoms. The molecule has 3 nitrogen and oxygen atoms in total. The maximum Gasteiger partial charge on any atom is 0.288 e. The van der Waals surface area contributed by atoms with Crippen LogP contribution in [0.1, 0.15) is 18.9 Å². The summed E-state index contributed by atoms with van der Waals surface area (Å²) in [5.74, 6) is 2.19. The van der Waals surface area contributed by atoms with Crippen LogP contribution in [0.2, 0.25) is 0 Å². The van der Waals surface area contributed by atoms with Crippen LogP contribution < -0.4 is 32.0 Å². The molecular formula is C13H17BrN2O. The van der Waals surface area contributed by atoms with Crippen molar-refractivity contribution in [3.05, 3.63) is 29.8 Å². The Morgan fingerprint density at radius 3 is 2.88 bits per heavy atom. The van der Waals surface area contributed by atoms with E-state index in [0.29, 0.717) is 0 Å². The van der Waals surface area contributed by atoms with Gasteiger partial charge in [-0.05, 0) is 18.1 Å². The highest BCUT2D eigenvalue weighted by atomic mass is 79.9. The Balaban J connectivity index is 0.00000108. The molecule has 0 spiro atoms. The first-order chi connectivity index (χ1) is 7.84. The molecule has 0 bridgehead atoms. The first-order valence-corrected chi connectivity index (χ1v) is 5.96. The number of nitrogens with one attached hydrogen (secondary N) is 2. The van der Waals surface area contributed by atoms with Crippen molar-refractivity contribution in [2.75, 3.05) is 13.1 Å². The number of ether oxygens (including phenoxy) is 1. The van der Waals surface area contributed by atoms with Gasteiger partial charge in [-0.1, -0.05) is 25.1 Å². The van der Waals surface area contributed by atoms with Gasteiger partial charge in [-0.25, -0.2) is 0 Å². The second-order valence-corrected chi connectivity index (χ2v) is 4.46. The standard InChI is InChI=1S/C13H16N2O.BrH/c1-2-13(12-14-7-8-15-12)9-10-5-3-4-6-11(10)16-13;/h3-6H,2,7-9H2,1H3,(H,14,15);1H/t13-;/m1./s1. The molecule has 92 valence electrons. The number of fused-ring (bicyclic) bond motifs is 1. The summed E-state index contributed by atoms with van der Waals surface area (Å²) in [5.41, 5.74) is 1.13. The Hall–Kier alpha value is -1.03. The van der Waals surface area contributed by atoms with Gasteiger partial charge in [0, 0.05) is 6.42 Å². The molecule has 1 aromatic rings. The molecule has 2 heterocycles. The van der Waals surface area contributed by atoms with Crippen LogP contribution in [0.15, 0.2) is 24.3 Å². The number of halogens is 1. The van der Waals surface area contributed by atoms with Gasteiger partial charge in [-0.3, -0.25) is 10.3 Å². The van der Waals surface area contributed by atoms with E-state index < -0.39 is 0 Å². The average Bonchev–Trinajstić information content (AvgIpc) is 2.96. The Bertz CT molecular complexity index is 420. The van der Waals surface area contributed by atoms with Crippen LogP contribution >= 0.6 is 0 Å². The maximum absolute atomic E-state index is 6.17. The van der Waals surface area contributed by atoms with E-state index in [0.717, 1.165) is 37.5 Å². The molecule has 1 atom stereocenters. The highest BCUT2D eigenvalue weighted by Gasteiger charge is 2.47. The van der Waals surface area contributed by atoms with E-state index in [1.165, 1.54) is 5.56 Å². The van der Waals surface area contributed by atoms with Gasteiger partial charge < -0.3 is 21.7 Å². The highest BCUT2D eigenvalue weighted by Crippen LogP contribution is 2.36. The van der Waals surface area contributed by atoms with Gasteiger partial charge in [-0.15, -0.1) is 0 Å². The van der Waals surface area contributed by atoms with Crippen LogP contribution in [0.4, 0.5) is 0 Å². The zero-order valence-electron chi connectivity index (χ0n) is 9.92. The van der Waals surface area contributed by atoms with E-state index in [9.17, 15) is 0 Å². The van der Waals surface area contributed by atoms with Crippen molar-refractivity contribution in [3.63, 3.8) is 0 Å². The maximum atomic E-state index is 6.17. The molecule has 2 aliphatic rings. The Morgan fingerprint density at radius 2 is 2.24 bits per heavy atom. The Kier molecular flexibility index (Phi) is 3.43. The normalized spacial score (nSPS) is 25.4. The largest absolute Gasteiger partial charge is 1.00 e. The van der Waals surface area contributed by atoms with Crippen LogP contribution in [0.3, 0.4) is 0 Å². The molecular weight excluding hydrogens is 280 g/mol. The second kappa shape index (κ2) is 4.69. The molecule has 2 aliphatic heterocycles. The van der Waals surface area contributed by atoms with Gasteiger partial charge in [0.2, 0.25) is 5.60 Å². The van der Waals surface area contributed by atoms with Crippen LogP contribution in [-0.2, 0) is 6.42 Å². The van der Waals surface area contributed by atoms with Gasteiger partial charge in [0.25, 0.3) is 5.84 Å². The van der Waals surface area contributed by atoms with Crippen LogP contribution in [0, 0.1) is 0 Å². The quantitative estimate of drug-likeness (QED) is 0.605. The summed E-state index contributed by atoms with van der Waals surface area (Å²) in [6.45, 7) is 4.17. The molecule has 0 fully saturated rings. The zero-order chi connectivity index (χ0) is 11.0. The monoisotopic (exact) mass is 296 g/mol. The molecule has 3 rings (SSSR count). The predicted octanol–water partition coefficient (Wildman–Crippen LogP) is -3.14. The van der Waals surface area contributed by atoms with E-state index in [1.54, 1.807) is 0 Å². The lowest BCUT2D eigenvalue weighted by atomic mass is 9.93. The van der Waals surface area contributed by atoms with E-state index >= 15 is 0 Å². The van der Waals surface area contributed by atoms with Crippen LogP contribution in [-0.4, -0.2) is 24.5 Å². The van der Waals surface area contributed by atoms with Crippen molar-refractivity contribution in [1.29, 1.82) is 0 Å². The number of hydrogen-bond donors (Lipinski definition) is 2. The van der Waals surface area contributed by atoms with Gasteiger partial charge in [0.1, 0.15) is 18.8 Å². The van der Waals surface area contributed by atoms with Crippen molar-refractivity contribution in [1.82, 2.24) is 5.32 Å².